The second-order valence-electron chi connectivity index (χ2n) is 4.83. The second kappa shape index (κ2) is 5.34. The molecule has 0 bridgehead atoms. The normalized spacial score (nSPS) is 18.4. The van der Waals surface area contributed by atoms with Gasteiger partial charge in [-0.3, -0.25) is 9.48 Å². The van der Waals surface area contributed by atoms with Crippen molar-refractivity contribution < 1.29 is 9.53 Å². The average molecular weight is 292 g/mol. The highest BCUT2D eigenvalue weighted by Gasteiger charge is 2.19. The molecule has 2 aromatic rings. The summed E-state index contributed by atoms with van der Waals surface area (Å²) in [4.78, 5) is 17.1. The van der Waals surface area contributed by atoms with Crippen molar-refractivity contribution in [2.45, 2.75) is 26.3 Å². The number of carbonyl (C=O) groups is 1. The minimum atomic E-state index is -0.129. The molecule has 0 spiro atoms. The summed E-state index contributed by atoms with van der Waals surface area (Å²) < 4.78 is 7.19. The van der Waals surface area contributed by atoms with E-state index in [1.54, 1.807) is 6.20 Å². The molecule has 0 aliphatic carbocycles. The van der Waals surface area contributed by atoms with E-state index in [2.05, 4.69) is 15.4 Å². The van der Waals surface area contributed by atoms with Crippen LogP contribution in [0.5, 0.6) is 0 Å². The number of thiazole rings is 1. The van der Waals surface area contributed by atoms with Crippen molar-refractivity contribution in [1.82, 2.24) is 14.8 Å². The number of nitrogens with one attached hydrogen (secondary N) is 1. The van der Waals surface area contributed by atoms with Gasteiger partial charge >= 0.3 is 0 Å². The molecule has 1 aliphatic rings. The highest BCUT2D eigenvalue weighted by atomic mass is 32.1. The summed E-state index contributed by atoms with van der Waals surface area (Å²) in [7, 11) is 0. The predicted molar refractivity (Wildman–Crippen MR) is 76.2 cm³/mol. The number of hydrogen-bond donors (Lipinski definition) is 1. The lowest BCUT2D eigenvalue weighted by Crippen LogP contribution is -2.11. The standard InChI is InChI=1S/C13H16N4O2S/c1-8-12(20-9(2)15-8)13(18)16-10-5-14-17(6-10)11-3-4-19-7-11/h5-6,11H,3-4,7H2,1-2H3,(H,16,18). The molecule has 6 nitrogen and oxygen atoms in total. The Morgan fingerprint density at radius 3 is 3.05 bits per heavy atom. The molecule has 0 aromatic carbocycles. The van der Waals surface area contributed by atoms with E-state index in [1.807, 2.05) is 24.7 Å². The van der Waals surface area contributed by atoms with Crippen molar-refractivity contribution in [2.75, 3.05) is 18.5 Å². The van der Waals surface area contributed by atoms with Gasteiger partial charge in [-0.1, -0.05) is 0 Å². The summed E-state index contributed by atoms with van der Waals surface area (Å²) in [6.45, 7) is 5.19. The van der Waals surface area contributed by atoms with E-state index in [0.717, 1.165) is 23.7 Å². The highest BCUT2D eigenvalue weighted by Crippen LogP contribution is 2.21. The topological polar surface area (TPSA) is 69.0 Å². The SMILES string of the molecule is Cc1nc(C)c(C(=O)Nc2cnn(C3CCOC3)c2)s1. The molecule has 2 aromatic heterocycles. The predicted octanol–water partition coefficient (Wildman–Crippen LogP) is 2.17. The van der Waals surface area contributed by atoms with Crippen LogP contribution in [0.3, 0.4) is 0 Å². The number of aryl methyl sites for hydroxylation is 2. The monoisotopic (exact) mass is 292 g/mol. The fourth-order valence-corrected chi connectivity index (χ4v) is 3.08. The van der Waals surface area contributed by atoms with Gasteiger partial charge in [0, 0.05) is 12.8 Å². The zero-order valence-electron chi connectivity index (χ0n) is 11.4. The van der Waals surface area contributed by atoms with Crippen molar-refractivity contribution in [3.8, 4) is 0 Å². The molecule has 0 radical (unpaired) electrons. The van der Waals surface area contributed by atoms with Crippen LogP contribution < -0.4 is 5.32 Å². The maximum absolute atomic E-state index is 12.2. The molecule has 1 atom stereocenters. The van der Waals surface area contributed by atoms with Gasteiger partial charge in [0.2, 0.25) is 0 Å². The molecule has 20 heavy (non-hydrogen) atoms. The van der Waals surface area contributed by atoms with Gasteiger partial charge < -0.3 is 10.1 Å². The number of aromatic nitrogens is 3. The molecule has 1 N–H and O–H groups in total. The van der Waals surface area contributed by atoms with Gasteiger partial charge in [0.05, 0.1) is 35.2 Å². The molecule has 7 heteroatoms. The number of anilines is 1. The van der Waals surface area contributed by atoms with E-state index in [4.69, 9.17) is 4.74 Å². The second-order valence-corrected chi connectivity index (χ2v) is 6.03. The smallest absolute Gasteiger partial charge is 0.267 e. The van der Waals surface area contributed by atoms with E-state index in [0.29, 0.717) is 17.2 Å². The van der Waals surface area contributed by atoms with Crippen molar-refractivity contribution in [1.29, 1.82) is 0 Å². The third-order valence-electron chi connectivity index (χ3n) is 3.25. The number of rotatable bonds is 3. The Bertz CT molecular complexity index is 628. The van der Waals surface area contributed by atoms with Crippen LogP contribution in [0.4, 0.5) is 5.69 Å². The van der Waals surface area contributed by atoms with Crippen molar-refractivity contribution >= 4 is 22.9 Å². The van der Waals surface area contributed by atoms with Crippen LogP contribution in [-0.4, -0.2) is 33.9 Å². The van der Waals surface area contributed by atoms with Crippen LogP contribution in [-0.2, 0) is 4.74 Å². The Balaban J connectivity index is 1.71. The van der Waals surface area contributed by atoms with Crippen LogP contribution in [0, 0.1) is 13.8 Å². The fourth-order valence-electron chi connectivity index (χ4n) is 2.26. The maximum atomic E-state index is 12.2. The van der Waals surface area contributed by atoms with Gasteiger partial charge in [-0.2, -0.15) is 5.10 Å². The number of amides is 1. The zero-order valence-corrected chi connectivity index (χ0v) is 12.2. The van der Waals surface area contributed by atoms with E-state index < -0.39 is 0 Å². The molecule has 1 aliphatic heterocycles. The lowest BCUT2D eigenvalue weighted by atomic mass is 10.3. The van der Waals surface area contributed by atoms with Gasteiger partial charge in [0.15, 0.2) is 0 Å². The van der Waals surface area contributed by atoms with Crippen LogP contribution in [0.2, 0.25) is 0 Å². The molecule has 3 rings (SSSR count). The van der Waals surface area contributed by atoms with Gasteiger partial charge in [-0.05, 0) is 20.3 Å². The molecular formula is C13H16N4O2S. The summed E-state index contributed by atoms with van der Waals surface area (Å²) >= 11 is 1.40. The van der Waals surface area contributed by atoms with Crippen LogP contribution in [0.15, 0.2) is 12.4 Å². The van der Waals surface area contributed by atoms with Crippen LogP contribution in [0.1, 0.15) is 32.8 Å². The minimum Gasteiger partial charge on any atom is -0.379 e. The summed E-state index contributed by atoms with van der Waals surface area (Å²) in [5, 5.41) is 8.04. The van der Waals surface area contributed by atoms with Gasteiger partial charge in [-0.15, -0.1) is 11.3 Å². The number of nitrogens with zero attached hydrogens (tertiary/aromatic N) is 3. The molecule has 3 heterocycles. The highest BCUT2D eigenvalue weighted by molar-refractivity contribution is 7.13. The fraction of sp³-hybridized carbons (Fsp3) is 0.462. The first-order valence-electron chi connectivity index (χ1n) is 6.51. The Morgan fingerprint density at radius 2 is 2.40 bits per heavy atom. The molecule has 1 saturated heterocycles. The first-order chi connectivity index (χ1) is 9.63. The van der Waals surface area contributed by atoms with Crippen LogP contribution >= 0.6 is 11.3 Å². The van der Waals surface area contributed by atoms with E-state index in [1.165, 1.54) is 11.3 Å². The Labute approximate surface area is 120 Å². The molecular weight excluding hydrogens is 276 g/mol. The number of carbonyl (C=O) groups excluding carboxylic acids is 1. The third-order valence-corrected chi connectivity index (χ3v) is 4.32. The van der Waals surface area contributed by atoms with Gasteiger partial charge in [0.1, 0.15) is 4.88 Å². The van der Waals surface area contributed by atoms with Gasteiger partial charge in [-0.25, -0.2) is 4.98 Å². The lowest BCUT2D eigenvalue weighted by Gasteiger charge is -2.06. The summed E-state index contributed by atoms with van der Waals surface area (Å²) in [5.41, 5.74) is 1.47. The molecule has 0 saturated carbocycles. The molecule has 106 valence electrons. The quantitative estimate of drug-likeness (QED) is 0.941. The Kier molecular flexibility index (Phi) is 3.54. The molecule has 1 unspecified atom stereocenters. The summed E-state index contributed by atoms with van der Waals surface area (Å²) in [6.07, 6.45) is 4.47. The lowest BCUT2D eigenvalue weighted by molar-refractivity contribution is 0.103. The number of ether oxygens (including phenoxy) is 1. The minimum absolute atomic E-state index is 0.129. The van der Waals surface area contributed by atoms with Crippen molar-refractivity contribution in [2.24, 2.45) is 0 Å². The first-order valence-corrected chi connectivity index (χ1v) is 7.32. The summed E-state index contributed by atoms with van der Waals surface area (Å²) in [5.74, 6) is -0.129. The Morgan fingerprint density at radius 1 is 1.55 bits per heavy atom. The van der Waals surface area contributed by atoms with E-state index in [-0.39, 0.29) is 11.9 Å². The van der Waals surface area contributed by atoms with Gasteiger partial charge in [0.25, 0.3) is 5.91 Å². The van der Waals surface area contributed by atoms with E-state index in [9.17, 15) is 4.79 Å². The van der Waals surface area contributed by atoms with E-state index >= 15 is 0 Å². The number of hydrogen-bond acceptors (Lipinski definition) is 5. The van der Waals surface area contributed by atoms with Crippen molar-refractivity contribution in [3.63, 3.8) is 0 Å². The summed E-state index contributed by atoms with van der Waals surface area (Å²) in [6, 6.07) is 0.271. The largest absolute Gasteiger partial charge is 0.379 e. The Hall–Kier alpha value is -1.73. The van der Waals surface area contributed by atoms with Crippen molar-refractivity contribution in [3.05, 3.63) is 28.0 Å². The molecule has 1 fully saturated rings. The maximum Gasteiger partial charge on any atom is 0.267 e. The first kappa shape index (κ1) is 13.3. The molecule has 1 amide bonds. The average Bonchev–Trinajstić information content (AvgIpc) is 3.09. The third kappa shape index (κ3) is 2.59. The zero-order chi connectivity index (χ0) is 14.1. The van der Waals surface area contributed by atoms with Crippen LogP contribution in [0.25, 0.3) is 0 Å².